The minimum Gasteiger partial charge on any atom is -0.453 e. The summed E-state index contributed by atoms with van der Waals surface area (Å²) in [7, 11) is 0. The van der Waals surface area contributed by atoms with Crippen LogP contribution in [-0.2, 0) is 9.53 Å². The third-order valence-electron chi connectivity index (χ3n) is 3.60. The Morgan fingerprint density at radius 3 is 2.19 bits per heavy atom. The molecule has 0 spiro atoms. The van der Waals surface area contributed by atoms with Crippen molar-refractivity contribution < 1.29 is 24.9 Å². The summed E-state index contributed by atoms with van der Waals surface area (Å²) in [5, 5.41) is 29.4. The van der Waals surface area contributed by atoms with E-state index in [0.717, 1.165) is 0 Å². The quantitative estimate of drug-likeness (QED) is 0.580. The van der Waals surface area contributed by atoms with Crippen LogP contribution in [0.3, 0.4) is 0 Å². The maximum atomic E-state index is 11.3. The van der Waals surface area contributed by atoms with Gasteiger partial charge < -0.3 is 20.1 Å². The van der Waals surface area contributed by atoms with Crippen molar-refractivity contribution >= 4 is 5.97 Å². The summed E-state index contributed by atoms with van der Waals surface area (Å²) in [5.41, 5.74) is -1.34. The number of hydrogen-bond acceptors (Lipinski definition) is 5. The van der Waals surface area contributed by atoms with Gasteiger partial charge in [0, 0.05) is 5.92 Å². The molecule has 0 saturated carbocycles. The Labute approximate surface area is 95.0 Å². The van der Waals surface area contributed by atoms with Gasteiger partial charge in [-0.3, -0.25) is 4.79 Å². The fourth-order valence-corrected chi connectivity index (χ4v) is 2.02. The Balaban J connectivity index is 2.90. The van der Waals surface area contributed by atoms with Crippen LogP contribution in [0.5, 0.6) is 0 Å². The number of aliphatic hydroxyl groups excluding tert-OH is 3. The first-order valence-electron chi connectivity index (χ1n) is 5.49. The molecule has 5 heteroatoms. The number of carbonyl (C=O) groups excluding carboxylic acids is 1. The van der Waals surface area contributed by atoms with Gasteiger partial charge in [0.2, 0.25) is 0 Å². The zero-order valence-electron chi connectivity index (χ0n) is 10.0. The van der Waals surface area contributed by atoms with E-state index in [2.05, 4.69) is 0 Å². The standard InChI is InChI=1S/C11H20O5/c1-5(7(3)12)8(13)11(4)9(14)6(2)10(15)16-11/h5-9,12-14H,1-4H3/t5-,6+,7-,8-,9-,11+/m0/s1. The van der Waals surface area contributed by atoms with E-state index in [1.54, 1.807) is 20.8 Å². The van der Waals surface area contributed by atoms with Crippen molar-refractivity contribution in [2.24, 2.45) is 11.8 Å². The number of aliphatic hydroxyl groups is 3. The molecule has 0 radical (unpaired) electrons. The van der Waals surface area contributed by atoms with Gasteiger partial charge in [0.05, 0.1) is 12.0 Å². The van der Waals surface area contributed by atoms with Gasteiger partial charge in [-0.05, 0) is 20.8 Å². The molecule has 0 aromatic rings. The minimum absolute atomic E-state index is 0.488. The maximum Gasteiger partial charge on any atom is 0.312 e. The first-order chi connectivity index (χ1) is 7.21. The van der Waals surface area contributed by atoms with E-state index < -0.39 is 41.7 Å². The molecule has 1 aliphatic heterocycles. The topological polar surface area (TPSA) is 87.0 Å². The van der Waals surface area contributed by atoms with E-state index >= 15 is 0 Å². The van der Waals surface area contributed by atoms with Crippen LogP contribution in [0.1, 0.15) is 27.7 Å². The lowest BCUT2D eigenvalue weighted by molar-refractivity contribution is -0.173. The fourth-order valence-electron chi connectivity index (χ4n) is 2.02. The number of cyclic esters (lactones) is 1. The highest BCUT2D eigenvalue weighted by Crippen LogP contribution is 2.37. The Morgan fingerprint density at radius 2 is 1.88 bits per heavy atom. The summed E-state index contributed by atoms with van der Waals surface area (Å²) in [6, 6.07) is 0. The predicted molar refractivity (Wildman–Crippen MR) is 56.5 cm³/mol. The molecule has 0 bridgehead atoms. The van der Waals surface area contributed by atoms with E-state index in [0.29, 0.717) is 0 Å². The van der Waals surface area contributed by atoms with Crippen LogP contribution in [0.15, 0.2) is 0 Å². The number of hydrogen-bond donors (Lipinski definition) is 3. The zero-order valence-corrected chi connectivity index (χ0v) is 10.0. The highest BCUT2D eigenvalue weighted by Gasteiger charge is 2.55. The second kappa shape index (κ2) is 4.31. The van der Waals surface area contributed by atoms with Gasteiger partial charge in [0.15, 0.2) is 5.60 Å². The number of ether oxygens (including phenoxy) is 1. The Kier molecular flexibility index (Phi) is 3.62. The molecule has 1 fully saturated rings. The largest absolute Gasteiger partial charge is 0.453 e. The van der Waals surface area contributed by atoms with Crippen molar-refractivity contribution in [3.63, 3.8) is 0 Å². The van der Waals surface area contributed by atoms with Crippen LogP contribution >= 0.6 is 0 Å². The van der Waals surface area contributed by atoms with Crippen LogP contribution in [0, 0.1) is 11.8 Å². The van der Waals surface area contributed by atoms with Gasteiger partial charge in [0.25, 0.3) is 0 Å². The summed E-state index contributed by atoms with van der Waals surface area (Å²) in [6.45, 7) is 6.23. The van der Waals surface area contributed by atoms with E-state index in [1.807, 2.05) is 0 Å². The molecule has 0 unspecified atom stereocenters. The lowest BCUT2D eigenvalue weighted by atomic mass is 9.81. The van der Waals surface area contributed by atoms with Gasteiger partial charge in [-0.25, -0.2) is 0 Å². The van der Waals surface area contributed by atoms with Crippen molar-refractivity contribution in [2.45, 2.75) is 51.6 Å². The third-order valence-corrected chi connectivity index (χ3v) is 3.60. The molecular formula is C11H20O5. The summed E-state index contributed by atoms with van der Waals surface area (Å²) in [5.74, 6) is -1.66. The highest BCUT2D eigenvalue weighted by atomic mass is 16.6. The van der Waals surface area contributed by atoms with Gasteiger partial charge in [0.1, 0.15) is 12.2 Å². The van der Waals surface area contributed by atoms with Crippen LogP contribution in [0.25, 0.3) is 0 Å². The molecule has 0 aliphatic carbocycles. The van der Waals surface area contributed by atoms with Crippen LogP contribution in [-0.4, -0.2) is 45.2 Å². The summed E-state index contributed by atoms with van der Waals surface area (Å²) in [4.78, 5) is 11.3. The summed E-state index contributed by atoms with van der Waals surface area (Å²) in [6.07, 6.45) is -2.90. The van der Waals surface area contributed by atoms with Gasteiger partial charge >= 0.3 is 5.97 Å². The highest BCUT2D eigenvalue weighted by molar-refractivity contribution is 5.76. The van der Waals surface area contributed by atoms with Gasteiger partial charge in [-0.15, -0.1) is 0 Å². The lowest BCUT2D eigenvalue weighted by Crippen LogP contribution is -2.53. The first kappa shape index (κ1) is 13.4. The lowest BCUT2D eigenvalue weighted by Gasteiger charge is -2.36. The fraction of sp³-hybridized carbons (Fsp3) is 0.909. The predicted octanol–water partition coefficient (Wildman–Crippen LogP) is -0.323. The maximum absolute atomic E-state index is 11.3. The smallest absolute Gasteiger partial charge is 0.312 e. The zero-order chi connectivity index (χ0) is 12.7. The number of rotatable bonds is 3. The second-order valence-corrected chi connectivity index (χ2v) is 4.88. The Morgan fingerprint density at radius 1 is 1.38 bits per heavy atom. The van der Waals surface area contributed by atoms with Crippen LogP contribution in [0.4, 0.5) is 0 Å². The normalized spacial score (nSPS) is 40.3. The molecule has 1 aliphatic rings. The molecule has 0 aromatic heterocycles. The van der Waals surface area contributed by atoms with Crippen LogP contribution in [0.2, 0.25) is 0 Å². The molecule has 16 heavy (non-hydrogen) atoms. The summed E-state index contributed by atoms with van der Waals surface area (Å²) < 4.78 is 5.06. The van der Waals surface area contributed by atoms with Crippen molar-refractivity contribution in [1.82, 2.24) is 0 Å². The van der Waals surface area contributed by atoms with Gasteiger partial charge in [-0.1, -0.05) is 6.92 Å². The minimum atomic E-state index is -1.34. The van der Waals surface area contributed by atoms with E-state index in [-0.39, 0.29) is 0 Å². The molecule has 94 valence electrons. The average molecular weight is 232 g/mol. The molecule has 0 aromatic carbocycles. The molecule has 1 heterocycles. The average Bonchev–Trinajstić information content (AvgIpc) is 2.41. The molecule has 0 amide bonds. The van der Waals surface area contributed by atoms with E-state index in [1.165, 1.54) is 6.92 Å². The van der Waals surface area contributed by atoms with Crippen molar-refractivity contribution in [2.75, 3.05) is 0 Å². The summed E-state index contributed by atoms with van der Waals surface area (Å²) >= 11 is 0. The third kappa shape index (κ3) is 1.95. The number of carbonyl (C=O) groups is 1. The second-order valence-electron chi connectivity index (χ2n) is 4.88. The Bertz CT molecular complexity index is 278. The molecule has 1 rings (SSSR count). The van der Waals surface area contributed by atoms with Crippen LogP contribution < -0.4 is 0 Å². The molecular weight excluding hydrogens is 212 g/mol. The van der Waals surface area contributed by atoms with E-state index in [9.17, 15) is 20.1 Å². The molecule has 6 atom stereocenters. The van der Waals surface area contributed by atoms with Crippen molar-refractivity contribution in [3.8, 4) is 0 Å². The SMILES string of the molecule is C[C@@H]([C@H](C)O)[C@H](O)[C@@]1(C)OC(=O)[C@H](C)[C@@H]1O. The molecule has 3 N–H and O–H groups in total. The number of esters is 1. The van der Waals surface area contributed by atoms with E-state index in [4.69, 9.17) is 4.74 Å². The van der Waals surface area contributed by atoms with Gasteiger partial charge in [-0.2, -0.15) is 0 Å². The molecule has 5 nitrogen and oxygen atoms in total. The van der Waals surface area contributed by atoms with Crippen molar-refractivity contribution in [3.05, 3.63) is 0 Å². The van der Waals surface area contributed by atoms with Crippen molar-refractivity contribution in [1.29, 1.82) is 0 Å². The monoisotopic (exact) mass is 232 g/mol. The Hall–Kier alpha value is -0.650. The first-order valence-corrected chi connectivity index (χ1v) is 5.49. The molecule has 1 saturated heterocycles.